The molecule has 1 N–H and O–H groups in total. The van der Waals surface area contributed by atoms with Gasteiger partial charge in [-0.15, -0.1) is 13.2 Å². The Bertz CT molecular complexity index is 1060. The standard InChI is InChI=1S/C20H16Cl2F6N2O5/c1-29-17(31)15(30-32-2)12-6-4-3-5-10(12)9-33-11-7-13(21)16(14(22)8-11)34-19(24,25)18(23)35-20(26,27)28/h3-8,18H,9H2,1-2H3,(H,29,31). The monoisotopic (exact) mass is 548 g/mol. The van der Waals surface area contributed by atoms with Crippen LogP contribution in [-0.4, -0.2) is 44.6 Å². The number of benzene rings is 2. The third kappa shape index (κ3) is 7.80. The molecule has 0 radical (unpaired) electrons. The van der Waals surface area contributed by atoms with E-state index in [2.05, 4.69) is 19.9 Å². The lowest BCUT2D eigenvalue weighted by Gasteiger charge is -2.23. The molecule has 0 fully saturated rings. The number of hydrogen-bond acceptors (Lipinski definition) is 6. The van der Waals surface area contributed by atoms with Crippen molar-refractivity contribution in [2.75, 3.05) is 14.2 Å². The van der Waals surface area contributed by atoms with Gasteiger partial charge in [-0.3, -0.25) is 4.79 Å². The molecule has 2 aromatic carbocycles. The fraction of sp³-hybridized carbons (Fsp3) is 0.300. The molecule has 7 nitrogen and oxygen atoms in total. The van der Waals surface area contributed by atoms with Gasteiger partial charge in [-0.2, -0.15) is 8.78 Å². The molecule has 0 spiro atoms. The first-order valence-corrected chi connectivity index (χ1v) is 10.0. The highest BCUT2D eigenvalue weighted by Gasteiger charge is 2.51. The van der Waals surface area contributed by atoms with E-state index in [1.165, 1.54) is 14.2 Å². The number of hydrogen-bond donors (Lipinski definition) is 1. The zero-order valence-electron chi connectivity index (χ0n) is 17.8. The molecule has 2 aromatic rings. The molecule has 0 aliphatic heterocycles. The summed E-state index contributed by atoms with van der Waals surface area (Å²) in [4.78, 5) is 16.8. The van der Waals surface area contributed by atoms with Crippen LogP contribution in [0.1, 0.15) is 11.1 Å². The molecule has 35 heavy (non-hydrogen) atoms. The van der Waals surface area contributed by atoms with Gasteiger partial charge in [-0.1, -0.05) is 52.6 Å². The van der Waals surface area contributed by atoms with E-state index in [-0.39, 0.29) is 18.1 Å². The number of carbonyl (C=O) groups excluding carboxylic acids is 1. The van der Waals surface area contributed by atoms with Crippen LogP contribution in [0.25, 0.3) is 0 Å². The molecular formula is C20H16Cl2F6N2O5. The van der Waals surface area contributed by atoms with E-state index in [9.17, 15) is 31.1 Å². The highest BCUT2D eigenvalue weighted by Crippen LogP contribution is 2.41. The minimum Gasteiger partial charge on any atom is -0.489 e. The van der Waals surface area contributed by atoms with Crippen LogP contribution in [0.4, 0.5) is 26.3 Å². The third-order valence-corrected chi connectivity index (χ3v) is 4.56. The van der Waals surface area contributed by atoms with Crippen molar-refractivity contribution in [3.05, 3.63) is 57.6 Å². The predicted octanol–water partition coefficient (Wildman–Crippen LogP) is 5.47. The lowest BCUT2D eigenvalue weighted by Crippen LogP contribution is -2.41. The van der Waals surface area contributed by atoms with Crippen LogP contribution in [0.15, 0.2) is 41.6 Å². The molecule has 1 atom stereocenters. The summed E-state index contributed by atoms with van der Waals surface area (Å²) >= 11 is 11.7. The van der Waals surface area contributed by atoms with Gasteiger partial charge in [-0.25, -0.2) is 9.13 Å². The second-order valence-electron chi connectivity index (χ2n) is 6.41. The van der Waals surface area contributed by atoms with E-state index in [4.69, 9.17) is 32.8 Å². The largest absolute Gasteiger partial charge is 0.525 e. The second-order valence-corrected chi connectivity index (χ2v) is 7.22. The Morgan fingerprint density at radius 3 is 2.26 bits per heavy atom. The first-order chi connectivity index (χ1) is 16.3. The molecule has 192 valence electrons. The molecule has 0 bridgehead atoms. The number of nitrogens with one attached hydrogen (secondary N) is 1. The Labute approximate surface area is 204 Å². The SMILES string of the molecule is CNC(=O)C(=NOC)c1ccccc1COc1cc(Cl)c(OC(F)(F)C(F)OC(F)(F)F)c(Cl)c1. The summed E-state index contributed by atoms with van der Waals surface area (Å²) < 4.78 is 89.0. The summed E-state index contributed by atoms with van der Waals surface area (Å²) in [5, 5.41) is 4.87. The quantitative estimate of drug-likeness (QED) is 0.242. The van der Waals surface area contributed by atoms with E-state index >= 15 is 0 Å². The lowest BCUT2D eigenvalue weighted by molar-refractivity contribution is -0.411. The maximum atomic E-state index is 13.7. The lowest BCUT2D eigenvalue weighted by atomic mass is 10.0. The fourth-order valence-corrected chi connectivity index (χ4v) is 3.09. The predicted molar refractivity (Wildman–Crippen MR) is 112 cm³/mol. The number of rotatable bonds is 10. The average Bonchev–Trinajstić information content (AvgIpc) is 2.77. The van der Waals surface area contributed by atoms with Crippen LogP contribution in [-0.2, 0) is 21.0 Å². The number of oxime groups is 1. The minimum absolute atomic E-state index is 0.0573. The number of likely N-dealkylation sites (N-methyl/N-ethyl adjacent to an activating group) is 1. The Morgan fingerprint density at radius 2 is 1.71 bits per heavy atom. The van der Waals surface area contributed by atoms with Crippen molar-refractivity contribution in [2.45, 2.75) is 25.4 Å². The van der Waals surface area contributed by atoms with Gasteiger partial charge in [0.25, 0.3) is 5.91 Å². The Hall–Kier alpha value is -2.90. The fourth-order valence-electron chi connectivity index (χ4n) is 2.55. The second kappa shape index (κ2) is 11.7. The summed E-state index contributed by atoms with van der Waals surface area (Å²) in [6.45, 7) is -0.190. The van der Waals surface area contributed by atoms with Gasteiger partial charge in [0.15, 0.2) is 11.5 Å². The van der Waals surface area contributed by atoms with Crippen molar-refractivity contribution in [3.63, 3.8) is 0 Å². The van der Waals surface area contributed by atoms with Crippen molar-refractivity contribution in [2.24, 2.45) is 5.16 Å². The summed E-state index contributed by atoms with van der Waals surface area (Å²) in [7, 11) is 2.64. The summed E-state index contributed by atoms with van der Waals surface area (Å²) in [6, 6.07) is 8.37. The first-order valence-electron chi connectivity index (χ1n) is 9.27. The maximum Gasteiger partial charge on any atom is 0.525 e. The van der Waals surface area contributed by atoms with Crippen molar-refractivity contribution < 1.29 is 50.2 Å². The summed E-state index contributed by atoms with van der Waals surface area (Å²) in [5.74, 6) is -1.62. The van der Waals surface area contributed by atoms with Crippen LogP contribution in [0, 0.1) is 0 Å². The summed E-state index contributed by atoms with van der Waals surface area (Å²) in [5.41, 5.74) is 0.748. The molecule has 0 heterocycles. The van der Waals surface area contributed by atoms with Crippen LogP contribution in [0.5, 0.6) is 11.5 Å². The van der Waals surface area contributed by atoms with E-state index in [1.54, 1.807) is 24.3 Å². The van der Waals surface area contributed by atoms with Crippen LogP contribution >= 0.6 is 23.2 Å². The molecule has 15 heteroatoms. The number of amides is 1. The van der Waals surface area contributed by atoms with Crippen LogP contribution < -0.4 is 14.8 Å². The van der Waals surface area contributed by atoms with Crippen LogP contribution in [0.3, 0.4) is 0 Å². The number of ether oxygens (including phenoxy) is 3. The van der Waals surface area contributed by atoms with E-state index < -0.39 is 40.5 Å². The van der Waals surface area contributed by atoms with E-state index in [0.29, 0.717) is 11.1 Å². The van der Waals surface area contributed by atoms with Crippen molar-refractivity contribution in [1.82, 2.24) is 5.32 Å². The van der Waals surface area contributed by atoms with Crippen molar-refractivity contribution in [1.29, 1.82) is 0 Å². The average molecular weight is 549 g/mol. The Kier molecular flexibility index (Phi) is 9.46. The maximum absolute atomic E-state index is 13.7. The van der Waals surface area contributed by atoms with Gasteiger partial charge < -0.3 is 19.6 Å². The Balaban J connectivity index is 2.24. The molecular weight excluding hydrogens is 533 g/mol. The highest BCUT2D eigenvalue weighted by atomic mass is 35.5. The van der Waals surface area contributed by atoms with Gasteiger partial charge in [0.1, 0.15) is 19.5 Å². The van der Waals surface area contributed by atoms with Crippen molar-refractivity contribution in [3.8, 4) is 11.5 Å². The van der Waals surface area contributed by atoms with Gasteiger partial charge in [0.05, 0.1) is 10.0 Å². The van der Waals surface area contributed by atoms with Gasteiger partial charge in [-0.05, 0) is 5.56 Å². The third-order valence-electron chi connectivity index (χ3n) is 4.00. The Morgan fingerprint density at radius 1 is 1.11 bits per heavy atom. The molecule has 0 aromatic heterocycles. The molecule has 1 amide bonds. The topological polar surface area (TPSA) is 78.4 Å². The van der Waals surface area contributed by atoms with Gasteiger partial charge in [0.2, 0.25) is 0 Å². The smallest absolute Gasteiger partial charge is 0.489 e. The molecule has 0 aliphatic rings. The number of carbonyl (C=O) groups is 1. The van der Waals surface area contributed by atoms with Gasteiger partial charge in [0, 0.05) is 24.7 Å². The summed E-state index contributed by atoms with van der Waals surface area (Å²) in [6.07, 6.45) is -15.0. The van der Waals surface area contributed by atoms with E-state index in [0.717, 1.165) is 12.1 Å². The number of halogens is 8. The van der Waals surface area contributed by atoms with E-state index in [1.807, 2.05) is 0 Å². The van der Waals surface area contributed by atoms with Gasteiger partial charge >= 0.3 is 18.8 Å². The number of nitrogens with zero attached hydrogens (tertiary/aromatic N) is 1. The molecule has 0 aliphatic carbocycles. The number of alkyl halides is 6. The zero-order chi connectivity index (χ0) is 26.4. The van der Waals surface area contributed by atoms with Crippen molar-refractivity contribution >= 4 is 34.8 Å². The molecule has 0 saturated heterocycles. The highest BCUT2D eigenvalue weighted by molar-refractivity contribution is 6.45. The zero-order valence-corrected chi connectivity index (χ0v) is 19.3. The molecule has 1 unspecified atom stereocenters. The van der Waals surface area contributed by atoms with Crippen LogP contribution in [0.2, 0.25) is 10.0 Å². The minimum atomic E-state index is -5.68. The molecule has 2 rings (SSSR count). The molecule has 0 saturated carbocycles. The first kappa shape index (κ1) is 28.3. The normalized spacial score (nSPS) is 13.3.